The fourth-order valence-electron chi connectivity index (χ4n) is 3.25. The Balaban J connectivity index is 1.67. The van der Waals surface area contributed by atoms with Crippen LogP contribution in [0, 0.1) is 0 Å². The Morgan fingerprint density at radius 1 is 1.23 bits per heavy atom. The van der Waals surface area contributed by atoms with E-state index in [1.54, 1.807) is 18.9 Å². The minimum atomic E-state index is -0.0632. The molecule has 4 nitrogen and oxygen atoms in total. The number of benzene rings is 2. The Hall–Kier alpha value is -1.98. The summed E-state index contributed by atoms with van der Waals surface area (Å²) in [5.41, 5.74) is 2.71. The Kier molecular flexibility index (Phi) is 6.58. The van der Waals surface area contributed by atoms with Crippen molar-refractivity contribution in [3.63, 3.8) is 0 Å². The number of ether oxygens (including phenoxy) is 1. The van der Waals surface area contributed by atoms with E-state index in [-0.39, 0.29) is 5.91 Å². The van der Waals surface area contributed by atoms with Crippen molar-refractivity contribution in [3.05, 3.63) is 54.1 Å². The van der Waals surface area contributed by atoms with Crippen LogP contribution in [0.3, 0.4) is 0 Å². The molecular formula is C21H26N2O2S. The van der Waals surface area contributed by atoms with Crippen LogP contribution in [-0.2, 0) is 4.74 Å². The summed E-state index contributed by atoms with van der Waals surface area (Å²) in [6.07, 6.45) is 2.56. The number of thioether (sulfide) groups is 1. The Bertz CT molecular complexity index is 733. The Morgan fingerprint density at radius 3 is 2.73 bits per heavy atom. The summed E-state index contributed by atoms with van der Waals surface area (Å²) in [5, 5.41) is 3.01. The number of piperidine rings is 1. The topological polar surface area (TPSA) is 41.6 Å². The highest BCUT2D eigenvalue weighted by Gasteiger charge is 2.19. The van der Waals surface area contributed by atoms with Gasteiger partial charge in [-0.1, -0.05) is 19.1 Å². The zero-order chi connectivity index (χ0) is 18.4. The largest absolute Gasteiger partial charge is 0.380 e. The second-order valence-corrected chi connectivity index (χ2v) is 7.68. The second kappa shape index (κ2) is 9.10. The Morgan fingerprint density at radius 2 is 2.00 bits per heavy atom. The van der Waals surface area contributed by atoms with E-state index in [2.05, 4.69) is 29.3 Å². The molecule has 0 saturated carbocycles. The molecule has 0 aliphatic carbocycles. The molecule has 1 fully saturated rings. The number of carbonyl (C=O) groups is 1. The lowest BCUT2D eigenvalue weighted by molar-refractivity contribution is 0.0893. The maximum atomic E-state index is 12.6. The minimum Gasteiger partial charge on any atom is -0.380 e. The van der Waals surface area contributed by atoms with Gasteiger partial charge in [-0.15, -0.1) is 11.8 Å². The molecule has 2 aromatic carbocycles. The monoisotopic (exact) mass is 370 g/mol. The van der Waals surface area contributed by atoms with E-state index in [4.69, 9.17) is 4.74 Å². The van der Waals surface area contributed by atoms with E-state index in [0.717, 1.165) is 47.8 Å². The molecule has 1 atom stereocenters. The lowest BCUT2D eigenvalue weighted by Crippen LogP contribution is -2.39. The number of hydrogen-bond acceptors (Lipinski definition) is 4. The van der Waals surface area contributed by atoms with Crippen molar-refractivity contribution < 1.29 is 9.53 Å². The molecule has 1 amide bonds. The maximum Gasteiger partial charge on any atom is 0.256 e. The molecule has 1 aliphatic rings. The van der Waals surface area contributed by atoms with E-state index in [1.165, 1.54) is 5.69 Å². The number of methoxy groups -OCH3 is 1. The van der Waals surface area contributed by atoms with E-state index in [1.807, 2.05) is 36.4 Å². The van der Waals surface area contributed by atoms with Gasteiger partial charge in [0.25, 0.3) is 5.91 Å². The third-order valence-corrected chi connectivity index (χ3v) is 5.59. The average molecular weight is 371 g/mol. The van der Waals surface area contributed by atoms with Gasteiger partial charge >= 0.3 is 0 Å². The third kappa shape index (κ3) is 4.59. The van der Waals surface area contributed by atoms with Crippen LogP contribution >= 0.6 is 11.8 Å². The molecule has 138 valence electrons. The summed E-state index contributed by atoms with van der Waals surface area (Å²) in [5.74, 6) is 0.879. The zero-order valence-electron chi connectivity index (χ0n) is 15.4. The summed E-state index contributed by atoms with van der Waals surface area (Å²) < 4.78 is 5.50. The van der Waals surface area contributed by atoms with Gasteiger partial charge in [0, 0.05) is 36.5 Å². The molecule has 0 bridgehead atoms. The molecule has 2 aromatic rings. The van der Waals surface area contributed by atoms with E-state index >= 15 is 0 Å². The van der Waals surface area contributed by atoms with Crippen LogP contribution in [-0.4, -0.2) is 38.0 Å². The van der Waals surface area contributed by atoms with Crippen molar-refractivity contribution in [2.75, 3.05) is 36.2 Å². The van der Waals surface area contributed by atoms with Gasteiger partial charge in [0.2, 0.25) is 0 Å². The van der Waals surface area contributed by atoms with E-state index in [9.17, 15) is 4.79 Å². The molecule has 3 rings (SSSR count). The van der Waals surface area contributed by atoms with Gasteiger partial charge in [0.1, 0.15) is 0 Å². The predicted octanol–water partition coefficient (Wildman–Crippen LogP) is 4.67. The van der Waals surface area contributed by atoms with Crippen LogP contribution in [0.2, 0.25) is 0 Å². The number of nitrogens with zero attached hydrogens (tertiary/aromatic N) is 1. The number of nitrogens with one attached hydrogen (secondary N) is 1. The first-order valence-corrected chi connectivity index (χ1v) is 10.1. The van der Waals surface area contributed by atoms with Crippen molar-refractivity contribution in [1.82, 2.24) is 0 Å². The predicted molar refractivity (Wildman–Crippen MR) is 109 cm³/mol. The van der Waals surface area contributed by atoms with Crippen LogP contribution in [0.4, 0.5) is 11.4 Å². The average Bonchev–Trinajstić information content (AvgIpc) is 2.69. The van der Waals surface area contributed by atoms with E-state index in [0.29, 0.717) is 6.10 Å². The molecule has 1 aliphatic heterocycles. The number of rotatable bonds is 6. The fraction of sp³-hybridized carbons (Fsp3) is 0.381. The molecule has 26 heavy (non-hydrogen) atoms. The third-order valence-electron chi connectivity index (χ3n) is 4.63. The number of carbonyl (C=O) groups excluding carboxylic acids is 1. The summed E-state index contributed by atoms with van der Waals surface area (Å²) in [6, 6.07) is 15.8. The van der Waals surface area contributed by atoms with Crippen molar-refractivity contribution in [2.24, 2.45) is 0 Å². The van der Waals surface area contributed by atoms with Crippen LogP contribution in [0.25, 0.3) is 0 Å². The van der Waals surface area contributed by atoms with Crippen molar-refractivity contribution >= 4 is 29.0 Å². The number of amides is 1. The quantitative estimate of drug-likeness (QED) is 0.751. The van der Waals surface area contributed by atoms with E-state index < -0.39 is 0 Å². The normalized spacial score (nSPS) is 17.2. The van der Waals surface area contributed by atoms with Crippen molar-refractivity contribution in [2.45, 2.75) is 30.8 Å². The van der Waals surface area contributed by atoms with Crippen LogP contribution in [0.5, 0.6) is 0 Å². The van der Waals surface area contributed by atoms with Crippen LogP contribution in [0.15, 0.2) is 53.4 Å². The Labute approximate surface area is 159 Å². The number of hydrogen-bond donors (Lipinski definition) is 1. The molecule has 0 spiro atoms. The summed E-state index contributed by atoms with van der Waals surface area (Å²) in [7, 11) is 1.78. The first-order chi connectivity index (χ1) is 12.7. The van der Waals surface area contributed by atoms with Gasteiger partial charge in [0.05, 0.1) is 11.7 Å². The standard InChI is InChI=1S/C21H26N2O2S/c1-3-26-20-9-5-4-8-19(20)21(24)22-16-10-12-17(13-11-16)23-14-6-7-18(15-23)25-2/h4-5,8-13,18H,3,6-7,14-15H2,1-2H3,(H,22,24). The molecule has 5 heteroatoms. The molecule has 0 aromatic heterocycles. The number of anilines is 2. The van der Waals surface area contributed by atoms with Gasteiger partial charge in [0.15, 0.2) is 0 Å². The smallest absolute Gasteiger partial charge is 0.256 e. The summed E-state index contributed by atoms with van der Waals surface area (Å²) in [4.78, 5) is 16.0. The lowest BCUT2D eigenvalue weighted by atomic mass is 10.1. The van der Waals surface area contributed by atoms with Gasteiger partial charge in [-0.2, -0.15) is 0 Å². The highest BCUT2D eigenvalue weighted by Crippen LogP contribution is 2.25. The molecular weight excluding hydrogens is 344 g/mol. The molecule has 0 radical (unpaired) electrons. The van der Waals surface area contributed by atoms with Crippen molar-refractivity contribution in [3.8, 4) is 0 Å². The molecule has 1 heterocycles. The maximum absolute atomic E-state index is 12.6. The molecule has 1 unspecified atom stereocenters. The second-order valence-electron chi connectivity index (χ2n) is 6.38. The minimum absolute atomic E-state index is 0.0632. The first-order valence-electron chi connectivity index (χ1n) is 9.12. The SMILES string of the molecule is CCSc1ccccc1C(=O)Nc1ccc(N2CCCC(OC)C2)cc1. The van der Waals surface area contributed by atoms with Crippen molar-refractivity contribution in [1.29, 1.82) is 0 Å². The molecule has 1 N–H and O–H groups in total. The highest BCUT2D eigenvalue weighted by atomic mass is 32.2. The fourth-order valence-corrected chi connectivity index (χ4v) is 4.06. The van der Waals surface area contributed by atoms with Gasteiger partial charge in [-0.3, -0.25) is 4.79 Å². The van der Waals surface area contributed by atoms with Crippen LogP contribution in [0.1, 0.15) is 30.1 Å². The van der Waals surface area contributed by atoms with Crippen LogP contribution < -0.4 is 10.2 Å². The van der Waals surface area contributed by atoms with Gasteiger partial charge in [-0.25, -0.2) is 0 Å². The summed E-state index contributed by atoms with van der Waals surface area (Å²) in [6.45, 7) is 4.06. The van der Waals surface area contributed by atoms with Gasteiger partial charge in [-0.05, 0) is 55.0 Å². The van der Waals surface area contributed by atoms with Gasteiger partial charge < -0.3 is 15.0 Å². The zero-order valence-corrected chi connectivity index (χ0v) is 16.2. The first kappa shape index (κ1) is 18.8. The molecule has 1 saturated heterocycles. The lowest BCUT2D eigenvalue weighted by Gasteiger charge is -2.33. The highest BCUT2D eigenvalue weighted by molar-refractivity contribution is 7.99. The summed E-state index contributed by atoms with van der Waals surface area (Å²) >= 11 is 1.68.